The molecule has 0 aromatic rings. The summed E-state index contributed by atoms with van der Waals surface area (Å²) in [4.78, 5) is 11.7. The molecule has 2 nitrogen and oxygen atoms in total. The first-order valence-electron chi connectivity index (χ1n) is 5.54. The third-order valence-electron chi connectivity index (χ3n) is 3.03. The van der Waals surface area contributed by atoms with Crippen molar-refractivity contribution >= 4 is 5.78 Å². The maximum atomic E-state index is 11.7. The van der Waals surface area contributed by atoms with Crippen molar-refractivity contribution in [3.63, 3.8) is 0 Å². The van der Waals surface area contributed by atoms with Crippen molar-refractivity contribution in [3.8, 4) is 0 Å². The Labute approximate surface area is 86.0 Å². The lowest BCUT2D eigenvalue weighted by molar-refractivity contribution is -0.117. The zero-order valence-electron chi connectivity index (χ0n) is 9.18. The lowest BCUT2D eigenvalue weighted by atomic mass is 9.85. The molecule has 0 spiro atoms. The van der Waals surface area contributed by atoms with Crippen LogP contribution in [0.2, 0.25) is 0 Å². The number of hydrogen-bond acceptors (Lipinski definition) is 2. The minimum Gasteiger partial charge on any atom is -0.385 e. The fraction of sp³-hybridized carbons (Fsp3) is 0.750. The lowest BCUT2D eigenvalue weighted by Gasteiger charge is -2.25. The molecule has 0 amide bonds. The summed E-state index contributed by atoms with van der Waals surface area (Å²) in [6.07, 6.45) is 7.30. The summed E-state index contributed by atoms with van der Waals surface area (Å²) in [7, 11) is 0. The van der Waals surface area contributed by atoms with Crippen LogP contribution in [0.5, 0.6) is 0 Å². The van der Waals surface area contributed by atoms with E-state index in [1.807, 2.05) is 13.0 Å². The minimum atomic E-state index is -0.922. The fourth-order valence-electron chi connectivity index (χ4n) is 1.81. The summed E-state index contributed by atoms with van der Waals surface area (Å²) in [5.74, 6) is 0.136. The molecule has 1 rings (SSSR count). The second kappa shape index (κ2) is 4.74. The van der Waals surface area contributed by atoms with Crippen LogP contribution < -0.4 is 0 Å². The second-order valence-corrected chi connectivity index (χ2v) is 4.27. The molecule has 1 atom stereocenters. The number of rotatable bonds is 2. The fourth-order valence-corrected chi connectivity index (χ4v) is 1.81. The zero-order chi connectivity index (χ0) is 10.6. The van der Waals surface area contributed by atoms with Crippen molar-refractivity contribution in [3.05, 3.63) is 11.6 Å². The molecule has 0 saturated carbocycles. The Kier molecular flexibility index (Phi) is 3.87. The van der Waals surface area contributed by atoms with Crippen LogP contribution >= 0.6 is 0 Å². The predicted molar refractivity (Wildman–Crippen MR) is 57.1 cm³/mol. The molecule has 0 aliphatic heterocycles. The van der Waals surface area contributed by atoms with Gasteiger partial charge in [-0.1, -0.05) is 19.4 Å². The van der Waals surface area contributed by atoms with Crippen LogP contribution in [0, 0.1) is 0 Å². The van der Waals surface area contributed by atoms with Crippen LogP contribution in [0.1, 0.15) is 52.4 Å². The molecule has 1 aliphatic carbocycles. The number of carbonyl (C=O) groups excluding carboxylic acids is 1. The first-order chi connectivity index (χ1) is 6.58. The maximum absolute atomic E-state index is 11.7. The Bertz CT molecular complexity index is 239. The van der Waals surface area contributed by atoms with Gasteiger partial charge in [0.1, 0.15) is 0 Å². The Balaban J connectivity index is 2.85. The van der Waals surface area contributed by atoms with E-state index in [0.29, 0.717) is 18.4 Å². The van der Waals surface area contributed by atoms with Gasteiger partial charge in [-0.15, -0.1) is 0 Å². The van der Waals surface area contributed by atoms with Gasteiger partial charge in [0.2, 0.25) is 0 Å². The summed E-state index contributed by atoms with van der Waals surface area (Å²) in [5.41, 5.74) is -0.284. The van der Waals surface area contributed by atoms with Crippen LogP contribution in [0.15, 0.2) is 11.6 Å². The van der Waals surface area contributed by atoms with Gasteiger partial charge in [-0.25, -0.2) is 0 Å². The molecule has 0 aromatic heterocycles. The quantitative estimate of drug-likeness (QED) is 0.737. The molecule has 1 aliphatic rings. The van der Waals surface area contributed by atoms with Crippen LogP contribution in [-0.4, -0.2) is 16.5 Å². The Morgan fingerprint density at radius 3 is 2.79 bits per heavy atom. The average Bonchev–Trinajstić information content (AvgIpc) is 2.11. The first-order valence-corrected chi connectivity index (χ1v) is 5.54. The summed E-state index contributed by atoms with van der Waals surface area (Å²) >= 11 is 0. The van der Waals surface area contributed by atoms with E-state index < -0.39 is 5.60 Å². The standard InChI is InChI=1S/C12H20O2/c1-3-12(2,14)10-8-6-4-5-7-9-11(10)13/h8,14H,3-7,9H2,1-2H3/b10-8+. The van der Waals surface area contributed by atoms with Crippen LogP contribution in [-0.2, 0) is 4.79 Å². The SMILES string of the molecule is CCC(C)(O)/C1=C/CCCCCC1=O. The molecule has 80 valence electrons. The van der Waals surface area contributed by atoms with E-state index in [9.17, 15) is 9.90 Å². The predicted octanol–water partition coefficient (Wildman–Crippen LogP) is 2.61. The number of allylic oxidation sites excluding steroid dienone is 1. The number of carbonyl (C=O) groups is 1. The molecule has 0 saturated heterocycles. The van der Waals surface area contributed by atoms with Gasteiger partial charge in [-0.05, 0) is 32.6 Å². The topological polar surface area (TPSA) is 37.3 Å². The van der Waals surface area contributed by atoms with Crippen LogP contribution in [0.4, 0.5) is 0 Å². The van der Waals surface area contributed by atoms with Crippen LogP contribution in [0.25, 0.3) is 0 Å². The molecular formula is C12H20O2. The molecule has 1 N–H and O–H groups in total. The van der Waals surface area contributed by atoms with Crippen molar-refractivity contribution < 1.29 is 9.90 Å². The van der Waals surface area contributed by atoms with Crippen molar-refractivity contribution in [1.29, 1.82) is 0 Å². The van der Waals surface area contributed by atoms with E-state index in [1.165, 1.54) is 0 Å². The highest BCUT2D eigenvalue weighted by molar-refractivity contribution is 5.97. The highest BCUT2D eigenvalue weighted by atomic mass is 16.3. The molecule has 0 heterocycles. The van der Waals surface area contributed by atoms with Crippen molar-refractivity contribution in [2.45, 2.75) is 58.0 Å². The van der Waals surface area contributed by atoms with Gasteiger partial charge in [0.05, 0.1) is 5.60 Å². The molecule has 14 heavy (non-hydrogen) atoms. The second-order valence-electron chi connectivity index (χ2n) is 4.27. The molecule has 0 fully saturated rings. The normalized spacial score (nSPS) is 27.1. The summed E-state index contributed by atoms with van der Waals surface area (Å²) in [5, 5.41) is 10.0. The Morgan fingerprint density at radius 1 is 1.43 bits per heavy atom. The maximum Gasteiger partial charge on any atom is 0.161 e. The first kappa shape index (κ1) is 11.4. The van der Waals surface area contributed by atoms with E-state index in [4.69, 9.17) is 0 Å². The summed E-state index contributed by atoms with van der Waals surface area (Å²) in [6.45, 7) is 3.64. The Morgan fingerprint density at radius 2 is 2.14 bits per heavy atom. The van der Waals surface area contributed by atoms with E-state index in [1.54, 1.807) is 6.92 Å². The third-order valence-corrected chi connectivity index (χ3v) is 3.03. The van der Waals surface area contributed by atoms with Gasteiger partial charge in [0.25, 0.3) is 0 Å². The highest BCUT2D eigenvalue weighted by Crippen LogP contribution is 2.25. The molecule has 2 heteroatoms. The number of Topliss-reactive ketones (excluding diaryl/α,β-unsaturated/α-hetero) is 1. The Hall–Kier alpha value is -0.630. The van der Waals surface area contributed by atoms with Gasteiger partial charge in [-0.3, -0.25) is 4.79 Å². The minimum absolute atomic E-state index is 0.136. The average molecular weight is 196 g/mol. The van der Waals surface area contributed by atoms with Gasteiger partial charge in [-0.2, -0.15) is 0 Å². The zero-order valence-corrected chi connectivity index (χ0v) is 9.18. The summed E-state index contributed by atoms with van der Waals surface area (Å²) in [6, 6.07) is 0. The monoisotopic (exact) mass is 196 g/mol. The number of hydrogen-bond donors (Lipinski definition) is 1. The molecule has 1 unspecified atom stereocenters. The highest BCUT2D eigenvalue weighted by Gasteiger charge is 2.28. The van der Waals surface area contributed by atoms with Gasteiger partial charge in [0.15, 0.2) is 5.78 Å². The van der Waals surface area contributed by atoms with Crippen molar-refractivity contribution in [2.75, 3.05) is 0 Å². The van der Waals surface area contributed by atoms with Crippen LogP contribution in [0.3, 0.4) is 0 Å². The lowest BCUT2D eigenvalue weighted by Crippen LogP contribution is -2.31. The molecule has 0 bridgehead atoms. The van der Waals surface area contributed by atoms with E-state index in [0.717, 1.165) is 25.7 Å². The van der Waals surface area contributed by atoms with Gasteiger partial charge in [0, 0.05) is 12.0 Å². The largest absolute Gasteiger partial charge is 0.385 e. The van der Waals surface area contributed by atoms with E-state index in [2.05, 4.69) is 0 Å². The smallest absolute Gasteiger partial charge is 0.161 e. The van der Waals surface area contributed by atoms with Crippen molar-refractivity contribution in [1.82, 2.24) is 0 Å². The number of aliphatic hydroxyl groups is 1. The van der Waals surface area contributed by atoms with Gasteiger partial charge < -0.3 is 5.11 Å². The van der Waals surface area contributed by atoms with E-state index >= 15 is 0 Å². The number of ketones is 1. The van der Waals surface area contributed by atoms with Crippen molar-refractivity contribution in [2.24, 2.45) is 0 Å². The molecular weight excluding hydrogens is 176 g/mol. The molecule has 0 aromatic carbocycles. The molecule has 0 radical (unpaired) electrons. The van der Waals surface area contributed by atoms with Gasteiger partial charge >= 0.3 is 0 Å². The summed E-state index contributed by atoms with van der Waals surface area (Å²) < 4.78 is 0. The third kappa shape index (κ3) is 2.68. The van der Waals surface area contributed by atoms with E-state index in [-0.39, 0.29) is 5.78 Å².